The second kappa shape index (κ2) is 6.07. The topological polar surface area (TPSA) is 90.4 Å². The van der Waals surface area contributed by atoms with Gasteiger partial charge < -0.3 is 19.9 Å². The molecule has 1 aromatic carbocycles. The number of hydrogen-bond donors (Lipinski definition) is 3. The molecule has 1 saturated heterocycles. The zero-order valence-electron chi connectivity index (χ0n) is 15.5. The Labute approximate surface area is 159 Å². The van der Waals surface area contributed by atoms with Crippen LogP contribution in [0.1, 0.15) is 25.3 Å². The lowest BCUT2D eigenvalue weighted by molar-refractivity contribution is 0.458. The van der Waals surface area contributed by atoms with Crippen molar-refractivity contribution in [2.24, 2.45) is 0 Å². The van der Waals surface area contributed by atoms with Crippen molar-refractivity contribution in [1.29, 1.82) is 0 Å². The molecule has 2 aromatic heterocycles. The lowest BCUT2D eigenvalue weighted by Gasteiger charge is -2.22. The second-order valence-electron chi connectivity index (χ2n) is 7.71. The summed E-state index contributed by atoms with van der Waals surface area (Å²) in [4.78, 5) is 29.2. The zero-order valence-corrected chi connectivity index (χ0v) is 15.5. The maximum absolute atomic E-state index is 15.0. The molecule has 146 valence electrons. The monoisotopic (exact) mass is 384 g/mol. The van der Waals surface area contributed by atoms with Gasteiger partial charge >= 0.3 is 0 Å². The molecular weight excluding hydrogens is 363 g/mol. The van der Waals surface area contributed by atoms with Crippen molar-refractivity contribution in [2.45, 2.75) is 31.3 Å². The smallest absolute Gasteiger partial charge is 0.252 e. The first-order chi connectivity index (χ1) is 13.5. The third kappa shape index (κ3) is 2.51. The number of aromatic nitrogens is 2. The summed E-state index contributed by atoms with van der Waals surface area (Å²) < 4.78 is 16.9. The zero-order chi connectivity index (χ0) is 19.6. The molecule has 0 amide bonds. The van der Waals surface area contributed by atoms with E-state index in [-0.39, 0.29) is 16.8 Å². The van der Waals surface area contributed by atoms with E-state index in [1.807, 2.05) is 16.5 Å². The molecule has 1 aliphatic carbocycles. The molecule has 0 bridgehead atoms. The minimum Gasteiger partial charge on any atom is -0.494 e. The van der Waals surface area contributed by atoms with Gasteiger partial charge in [-0.2, -0.15) is 0 Å². The Kier molecular flexibility index (Phi) is 3.74. The van der Waals surface area contributed by atoms with Crippen LogP contribution in [-0.4, -0.2) is 40.8 Å². The Hall–Kier alpha value is -2.87. The second-order valence-corrected chi connectivity index (χ2v) is 7.71. The van der Waals surface area contributed by atoms with E-state index in [2.05, 4.69) is 10.3 Å². The summed E-state index contributed by atoms with van der Waals surface area (Å²) in [6.07, 6.45) is 2.75. The maximum atomic E-state index is 15.0. The number of anilines is 1. The van der Waals surface area contributed by atoms with Crippen LogP contribution in [0.15, 0.2) is 27.8 Å². The van der Waals surface area contributed by atoms with Crippen LogP contribution in [0.5, 0.6) is 5.88 Å². The number of fused-ring (bicyclic) bond motifs is 2. The van der Waals surface area contributed by atoms with Crippen LogP contribution in [0.2, 0.25) is 0 Å². The van der Waals surface area contributed by atoms with Gasteiger partial charge in [-0.15, -0.1) is 0 Å². The van der Waals surface area contributed by atoms with Crippen LogP contribution in [0, 0.1) is 5.82 Å². The number of aromatic hydroxyl groups is 1. The fourth-order valence-electron chi connectivity index (χ4n) is 4.33. The Morgan fingerprint density at radius 2 is 1.96 bits per heavy atom. The van der Waals surface area contributed by atoms with E-state index >= 15 is 0 Å². The third-order valence-electron chi connectivity index (χ3n) is 5.91. The highest BCUT2D eigenvalue weighted by molar-refractivity contribution is 5.97. The van der Waals surface area contributed by atoms with Gasteiger partial charge in [0.1, 0.15) is 11.2 Å². The highest BCUT2D eigenvalue weighted by Crippen LogP contribution is 2.41. The summed E-state index contributed by atoms with van der Waals surface area (Å²) in [6, 6.07) is 4.76. The molecule has 8 heteroatoms. The number of aromatic amines is 1. The summed E-state index contributed by atoms with van der Waals surface area (Å²) >= 11 is 0. The van der Waals surface area contributed by atoms with Crippen LogP contribution in [0.4, 0.5) is 10.1 Å². The maximum Gasteiger partial charge on any atom is 0.252 e. The van der Waals surface area contributed by atoms with Crippen LogP contribution in [0.25, 0.3) is 21.8 Å². The summed E-state index contributed by atoms with van der Waals surface area (Å²) in [5.41, 5.74) is 0.516. The van der Waals surface area contributed by atoms with Gasteiger partial charge in [-0.1, -0.05) is 0 Å². The van der Waals surface area contributed by atoms with Gasteiger partial charge in [-0.25, -0.2) is 4.39 Å². The first-order valence-electron chi connectivity index (χ1n) is 9.54. The van der Waals surface area contributed by atoms with E-state index in [0.29, 0.717) is 29.3 Å². The molecule has 7 nitrogen and oxygen atoms in total. The molecule has 1 aliphatic heterocycles. The number of rotatable bonds is 3. The molecular formula is C20H21FN4O3. The molecule has 1 atom stereocenters. The van der Waals surface area contributed by atoms with E-state index in [4.69, 9.17) is 0 Å². The Balaban J connectivity index is 1.84. The molecule has 2 fully saturated rings. The number of nitrogens with one attached hydrogen (secondary N) is 2. The van der Waals surface area contributed by atoms with Gasteiger partial charge in [0.15, 0.2) is 0 Å². The minimum absolute atomic E-state index is 0.0302. The highest BCUT2D eigenvalue weighted by Gasteiger charge is 2.30. The molecule has 3 N–H and O–H groups in total. The average molecular weight is 384 g/mol. The van der Waals surface area contributed by atoms with Crippen molar-refractivity contribution < 1.29 is 9.50 Å². The van der Waals surface area contributed by atoms with Crippen LogP contribution >= 0.6 is 0 Å². The Morgan fingerprint density at radius 3 is 2.64 bits per heavy atom. The van der Waals surface area contributed by atoms with E-state index in [1.54, 1.807) is 6.07 Å². The van der Waals surface area contributed by atoms with Crippen LogP contribution in [0.3, 0.4) is 0 Å². The van der Waals surface area contributed by atoms with Gasteiger partial charge in [0.05, 0.1) is 16.7 Å². The predicted octanol–water partition coefficient (Wildman–Crippen LogP) is 1.82. The number of nitrogens with zero attached hydrogens (tertiary/aromatic N) is 2. The molecule has 2 aliphatic rings. The first kappa shape index (κ1) is 17.2. The first-order valence-corrected chi connectivity index (χ1v) is 9.54. The number of hydrogen-bond acceptors (Lipinski definition) is 5. The Morgan fingerprint density at radius 1 is 1.18 bits per heavy atom. The third-order valence-corrected chi connectivity index (χ3v) is 5.91. The fourth-order valence-corrected chi connectivity index (χ4v) is 4.33. The molecule has 28 heavy (non-hydrogen) atoms. The van der Waals surface area contributed by atoms with E-state index < -0.39 is 22.7 Å². The SMILES string of the molecule is CNC1CCN(c2cc3c(cc2F)c(=O)c2c(O)[nH]c(=O)cc2n3C2CC2)C1. The van der Waals surface area contributed by atoms with Crippen molar-refractivity contribution in [3.63, 3.8) is 0 Å². The number of likely N-dealkylation sites (N-methyl/N-ethyl adjacent to an activating group) is 1. The van der Waals surface area contributed by atoms with E-state index in [1.165, 1.54) is 12.1 Å². The number of H-pyrrole nitrogens is 1. The summed E-state index contributed by atoms with van der Waals surface area (Å²) in [7, 11) is 1.89. The molecule has 0 radical (unpaired) electrons. The lowest BCUT2D eigenvalue weighted by atomic mass is 10.1. The minimum atomic E-state index is -0.476. The summed E-state index contributed by atoms with van der Waals surface area (Å²) in [5.74, 6) is -0.920. The van der Waals surface area contributed by atoms with Gasteiger partial charge in [0.25, 0.3) is 5.56 Å². The van der Waals surface area contributed by atoms with Gasteiger partial charge in [-0.05, 0) is 38.4 Å². The van der Waals surface area contributed by atoms with Gasteiger partial charge in [-0.3, -0.25) is 14.6 Å². The van der Waals surface area contributed by atoms with Crippen molar-refractivity contribution in [1.82, 2.24) is 14.9 Å². The summed E-state index contributed by atoms with van der Waals surface area (Å²) in [6.45, 7) is 1.43. The average Bonchev–Trinajstić information content (AvgIpc) is 3.37. The molecule has 3 heterocycles. The molecule has 1 saturated carbocycles. The molecule has 5 rings (SSSR count). The van der Waals surface area contributed by atoms with Crippen molar-refractivity contribution in [2.75, 3.05) is 25.0 Å². The largest absolute Gasteiger partial charge is 0.494 e. The highest BCUT2D eigenvalue weighted by atomic mass is 19.1. The van der Waals surface area contributed by atoms with Crippen LogP contribution < -0.4 is 21.2 Å². The van der Waals surface area contributed by atoms with E-state index in [9.17, 15) is 19.1 Å². The standard InChI is InChI=1S/C20H21FN4O3/c1-22-10-4-5-24(9-10)15-7-14-12(6-13(15)21)19(27)18-16(25(14)11-2-3-11)8-17(26)23-20(18)28/h6-8,10-11,22H,2-5,9H2,1H3,(H2,23,26,28). The van der Waals surface area contributed by atoms with Crippen LogP contribution in [-0.2, 0) is 0 Å². The summed E-state index contributed by atoms with van der Waals surface area (Å²) in [5, 5.41) is 13.7. The Bertz CT molecular complexity index is 1230. The predicted molar refractivity (Wildman–Crippen MR) is 106 cm³/mol. The quantitative estimate of drug-likeness (QED) is 0.600. The normalized spacial score (nSPS) is 19.8. The van der Waals surface area contributed by atoms with Crippen molar-refractivity contribution in [3.05, 3.63) is 44.6 Å². The molecule has 0 spiro atoms. The number of pyridine rings is 2. The number of halogens is 1. The van der Waals surface area contributed by atoms with Crippen molar-refractivity contribution in [3.8, 4) is 5.88 Å². The van der Waals surface area contributed by atoms with Crippen molar-refractivity contribution >= 4 is 27.5 Å². The number of benzene rings is 1. The van der Waals surface area contributed by atoms with Gasteiger partial charge in [0, 0.05) is 36.6 Å². The molecule has 1 unspecified atom stereocenters. The molecule has 3 aromatic rings. The van der Waals surface area contributed by atoms with E-state index in [0.717, 1.165) is 25.8 Å². The fraction of sp³-hybridized carbons (Fsp3) is 0.400. The van der Waals surface area contributed by atoms with Gasteiger partial charge in [0.2, 0.25) is 11.3 Å². The lowest BCUT2D eigenvalue weighted by Crippen LogP contribution is -2.30.